The molecule has 0 spiro atoms. The Labute approximate surface area is 332 Å². The normalized spacial score (nSPS) is 20.1. The maximum absolute atomic E-state index is 14.7. The first-order valence-electron chi connectivity index (χ1n) is 19.0. The van der Waals surface area contributed by atoms with Crippen molar-refractivity contribution < 1.29 is 28.6 Å². The number of aromatic nitrogens is 2. The summed E-state index contributed by atoms with van der Waals surface area (Å²) in [6.07, 6.45) is 9.16. The van der Waals surface area contributed by atoms with Crippen LogP contribution < -0.4 is 35.2 Å². The van der Waals surface area contributed by atoms with Crippen LogP contribution in [0.4, 0.5) is 32.7 Å². The number of methoxy groups -OCH3 is 2. The van der Waals surface area contributed by atoms with Crippen LogP contribution in [0.3, 0.4) is 0 Å². The number of hydrogen-bond donors (Lipinski definition) is 3. The molecule has 0 radical (unpaired) electrons. The van der Waals surface area contributed by atoms with E-state index in [1.807, 2.05) is 39.0 Å². The number of alkyl carbamates (subject to hydrolysis) is 1. The van der Waals surface area contributed by atoms with E-state index >= 15 is 0 Å². The number of nitrogens with zero attached hydrogens (tertiary/aromatic N) is 4. The highest BCUT2D eigenvalue weighted by molar-refractivity contribution is 6.42. The van der Waals surface area contributed by atoms with E-state index in [1.165, 1.54) is 44.8 Å². The van der Waals surface area contributed by atoms with Gasteiger partial charge in [0.05, 0.1) is 39.0 Å². The van der Waals surface area contributed by atoms with Crippen molar-refractivity contribution in [2.75, 3.05) is 34.7 Å². The Hall–Kier alpha value is -4.49. The van der Waals surface area contributed by atoms with E-state index in [2.05, 4.69) is 16.0 Å². The number of anilines is 4. The number of ether oxygens (including phenoxy) is 3. The molecular weight excluding hydrogens is 745 g/mol. The molecule has 3 N–H and O–H groups in total. The molecule has 4 amide bonds. The van der Waals surface area contributed by atoms with E-state index in [1.54, 1.807) is 30.2 Å². The molecule has 296 valence electrons. The molecule has 15 heteroatoms. The number of benzene rings is 2. The molecule has 0 bridgehead atoms. The van der Waals surface area contributed by atoms with E-state index in [0.29, 0.717) is 41.3 Å². The molecule has 1 aromatic heterocycles. The van der Waals surface area contributed by atoms with E-state index < -0.39 is 17.7 Å². The van der Waals surface area contributed by atoms with Crippen LogP contribution >= 0.6 is 23.2 Å². The van der Waals surface area contributed by atoms with Crippen molar-refractivity contribution >= 4 is 64.4 Å². The van der Waals surface area contributed by atoms with Gasteiger partial charge in [-0.25, -0.2) is 14.6 Å². The van der Waals surface area contributed by atoms with Crippen LogP contribution in [0.25, 0.3) is 0 Å². The third kappa shape index (κ3) is 9.32. The number of amides is 4. The van der Waals surface area contributed by atoms with Gasteiger partial charge in [0.2, 0.25) is 11.9 Å². The van der Waals surface area contributed by atoms with Gasteiger partial charge in [-0.3, -0.25) is 14.6 Å². The van der Waals surface area contributed by atoms with Gasteiger partial charge in [0, 0.05) is 36.0 Å². The van der Waals surface area contributed by atoms with Crippen molar-refractivity contribution in [1.29, 1.82) is 0 Å². The van der Waals surface area contributed by atoms with E-state index in [-0.39, 0.29) is 58.3 Å². The third-order valence-corrected chi connectivity index (χ3v) is 11.3. The predicted molar refractivity (Wildman–Crippen MR) is 215 cm³/mol. The Morgan fingerprint density at radius 1 is 0.964 bits per heavy atom. The molecule has 2 fully saturated rings. The number of urea groups is 1. The lowest BCUT2D eigenvalue weighted by atomic mass is 9.75. The zero-order valence-corrected chi connectivity index (χ0v) is 33.9. The number of halogens is 2. The maximum atomic E-state index is 14.7. The number of nitrogens with one attached hydrogen (secondary N) is 3. The highest BCUT2D eigenvalue weighted by Gasteiger charge is 2.39. The smallest absolute Gasteiger partial charge is 0.407 e. The Morgan fingerprint density at radius 3 is 2.33 bits per heavy atom. The van der Waals surface area contributed by atoms with Gasteiger partial charge in [-0.2, -0.15) is 4.98 Å². The molecular formula is C40H51Cl2N7O6. The zero-order valence-electron chi connectivity index (χ0n) is 32.3. The molecule has 2 aliphatic carbocycles. The highest BCUT2D eigenvalue weighted by atomic mass is 35.5. The summed E-state index contributed by atoms with van der Waals surface area (Å²) >= 11 is 13.7. The Kier molecular flexibility index (Phi) is 12.5. The van der Waals surface area contributed by atoms with Crippen LogP contribution in [0.2, 0.25) is 10.0 Å². The first-order valence-corrected chi connectivity index (χ1v) is 19.7. The minimum atomic E-state index is -0.634. The minimum absolute atomic E-state index is 0.0588. The molecule has 2 heterocycles. The van der Waals surface area contributed by atoms with Crippen LogP contribution in [0.15, 0.2) is 36.5 Å². The molecule has 55 heavy (non-hydrogen) atoms. The monoisotopic (exact) mass is 795 g/mol. The lowest BCUT2D eigenvalue weighted by Crippen LogP contribution is -2.52. The average molecular weight is 797 g/mol. The SMILES string of the molecule is CCC(=O)Nc1cccc(CN2C(=O)N(c3c(Cl)c(OC)cc(OC)c3Cl)Cc3cnc(NC4CC(C5CCCC5)CCC4NC(=O)OC(C)(C)C)nc32)c1. The van der Waals surface area contributed by atoms with Gasteiger partial charge in [-0.1, -0.05) is 67.9 Å². The number of carbonyl (C=O) groups is 3. The third-order valence-electron chi connectivity index (χ3n) is 10.6. The van der Waals surface area contributed by atoms with Crippen molar-refractivity contribution in [1.82, 2.24) is 15.3 Å². The lowest BCUT2D eigenvalue weighted by molar-refractivity contribution is -0.115. The van der Waals surface area contributed by atoms with Crippen molar-refractivity contribution in [2.24, 2.45) is 11.8 Å². The standard InChI is InChI=1S/C40H51Cl2N7O6/c1-7-32(50)44-27-14-10-11-23(17-27)21-49-36-26(22-48(39(49)52)35-33(41)30(53-5)19-31(54-6)34(35)42)20-43-37(47-36)45-29-18-25(24-12-8-9-13-24)15-16-28(29)46-38(51)55-40(2,3)4/h10-11,14,17,19-20,24-25,28-29H,7-9,12-13,15-16,18,21-22H2,1-6H3,(H,44,50)(H,46,51)(H,43,45,47). The summed E-state index contributed by atoms with van der Waals surface area (Å²) in [7, 11) is 2.95. The molecule has 2 saturated carbocycles. The molecule has 3 aliphatic rings. The molecule has 2 aromatic carbocycles. The van der Waals surface area contributed by atoms with Gasteiger partial charge in [0.15, 0.2) is 0 Å². The topological polar surface area (TPSA) is 147 Å². The van der Waals surface area contributed by atoms with Gasteiger partial charge in [-0.05, 0) is 69.6 Å². The Balaban J connectivity index is 1.36. The number of hydrogen-bond acceptors (Lipinski definition) is 9. The highest BCUT2D eigenvalue weighted by Crippen LogP contribution is 2.48. The summed E-state index contributed by atoms with van der Waals surface area (Å²) in [5.74, 6) is 2.36. The average Bonchev–Trinajstić information content (AvgIpc) is 3.69. The largest absolute Gasteiger partial charge is 0.495 e. The second-order valence-electron chi connectivity index (χ2n) is 15.5. The van der Waals surface area contributed by atoms with Crippen molar-refractivity contribution in [3.63, 3.8) is 0 Å². The molecule has 0 saturated heterocycles. The summed E-state index contributed by atoms with van der Waals surface area (Å²) in [5, 5.41) is 9.86. The van der Waals surface area contributed by atoms with Crippen molar-refractivity contribution in [3.05, 3.63) is 57.7 Å². The number of fused-ring (bicyclic) bond motifs is 1. The van der Waals surface area contributed by atoms with E-state index in [4.69, 9.17) is 47.4 Å². The second kappa shape index (κ2) is 17.1. The number of carbonyl (C=O) groups excluding carboxylic acids is 3. The van der Waals surface area contributed by atoms with Crippen molar-refractivity contribution in [2.45, 2.75) is 110 Å². The summed E-state index contributed by atoms with van der Waals surface area (Å²) in [4.78, 5) is 52.7. The Morgan fingerprint density at radius 2 is 1.67 bits per heavy atom. The molecule has 3 aromatic rings. The van der Waals surface area contributed by atoms with Crippen LogP contribution in [0, 0.1) is 11.8 Å². The fourth-order valence-corrected chi connectivity index (χ4v) is 8.61. The molecule has 3 unspecified atom stereocenters. The van der Waals surface area contributed by atoms with Crippen LogP contribution in [0.1, 0.15) is 90.2 Å². The molecule has 6 rings (SSSR count). The fourth-order valence-electron chi connectivity index (χ4n) is 7.91. The maximum Gasteiger partial charge on any atom is 0.407 e. The van der Waals surface area contributed by atoms with Crippen LogP contribution in [-0.2, 0) is 22.6 Å². The van der Waals surface area contributed by atoms with Gasteiger partial charge in [0.1, 0.15) is 33.0 Å². The minimum Gasteiger partial charge on any atom is -0.495 e. The van der Waals surface area contributed by atoms with Gasteiger partial charge < -0.3 is 30.2 Å². The summed E-state index contributed by atoms with van der Waals surface area (Å²) < 4.78 is 16.7. The molecule has 3 atom stereocenters. The quantitative estimate of drug-likeness (QED) is 0.173. The van der Waals surface area contributed by atoms with Gasteiger partial charge in [-0.15, -0.1) is 0 Å². The zero-order chi connectivity index (χ0) is 39.4. The second-order valence-corrected chi connectivity index (χ2v) is 16.2. The summed E-state index contributed by atoms with van der Waals surface area (Å²) in [6.45, 7) is 7.48. The summed E-state index contributed by atoms with van der Waals surface area (Å²) in [6, 6.07) is 8.06. The summed E-state index contributed by atoms with van der Waals surface area (Å²) in [5.41, 5.74) is 1.59. The van der Waals surface area contributed by atoms with Crippen LogP contribution in [0.5, 0.6) is 11.5 Å². The van der Waals surface area contributed by atoms with E-state index in [9.17, 15) is 14.4 Å². The first-order chi connectivity index (χ1) is 26.3. The Bertz CT molecular complexity index is 1870. The van der Waals surface area contributed by atoms with Gasteiger partial charge >= 0.3 is 12.1 Å². The lowest BCUT2D eigenvalue weighted by Gasteiger charge is -2.40. The number of rotatable bonds is 11. The molecule has 1 aliphatic heterocycles. The fraction of sp³-hybridized carbons (Fsp3) is 0.525. The van der Waals surface area contributed by atoms with E-state index in [0.717, 1.165) is 24.8 Å². The van der Waals surface area contributed by atoms with Crippen LogP contribution in [-0.4, -0.2) is 59.9 Å². The molecule has 13 nitrogen and oxygen atoms in total. The van der Waals surface area contributed by atoms with Crippen molar-refractivity contribution in [3.8, 4) is 11.5 Å². The first kappa shape index (κ1) is 40.2. The van der Waals surface area contributed by atoms with Gasteiger partial charge in [0.25, 0.3) is 0 Å². The predicted octanol–water partition coefficient (Wildman–Crippen LogP) is 8.96.